The number of nitrogens with one attached hydrogen (secondary N) is 2. The van der Waals surface area contributed by atoms with Crippen molar-refractivity contribution >= 4 is 22.5 Å². The molecular weight excluding hydrogens is 456 g/mol. The van der Waals surface area contributed by atoms with Crippen LogP contribution < -0.4 is 15.4 Å². The zero-order valence-electron chi connectivity index (χ0n) is 21.2. The molecule has 0 unspecified atom stereocenters. The number of likely N-dealkylation sites (tertiary alicyclic amines) is 1. The Morgan fingerprint density at radius 2 is 1.97 bits per heavy atom. The minimum atomic E-state index is -0.264. The number of pyridine rings is 1. The van der Waals surface area contributed by atoms with Crippen molar-refractivity contribution in [1.82, 2.24) is 25.0 Å². The Kier molecular flexibility index (Phi) is 7.79. The van der Waals surface area contributed by atoms with Gasteiger partial charge in [-0.2, -0.15) is 5.10 Å². The molecule has 36 heavy (non-hydrogen) atoms. The molecule has 9 heteroatoms. The first-order chi connectivity index (χ1) is 17.6. The van der Waals surface area contributed by atoms with Crippen molar-refractivity contribution in [2.24, 2.45) is 0 Å². The highest BCUT2D eigenvalue weighted by Crippen LogP contribution is 2.32. The van der Waals surface area contributed by atoms with Gasteiger partial charge in [0.05, 0.1) is 37.1 Å². The van der Waals surface area contributed by atoms with E-state index in [2.05, 4.69) is 31.4 Å². The van der Waals surface area contributed by atoms with E-state index in [0.717, 1.165) is 81.6 Å². The van der Waals surface area contributed by atoms with Crippen molar-refractivity contribution in [3.63, 3.8) is 0 Å². The summed E-state index contributed by atoms with van der Waals surface area (Å²) in [5.74, 6) is 0.317. The van der Waals surface area contributed by atoms with Crippen LogP contribution in [0, 0.1) is 6.92 Å². The summed E-state index contributed by atoms with van der Waals surface area (Å²) in [4.78, 5) is 19.6. The second-order valence-electron chi connectivity index (χ2n) is 9.73. The maximum absolute atomic E-state index is 12.8. The molecule has 2 saturated heterocycles. The number of benzene rings is 1. The number of ether oxygens (including phenoxy) is 2. The molecule has 2 N–H and O–H groups in total. The number of methoxy groups -OCH3 is 1. The number of anilines is 1. The molecule has 2 aliphatic rings. The third kappa shape index (κ3) is 5.86. The Morgan fingerprint density at radius 1 is 1.17 bits per heavy atom. The number of aromatic nitrogens is 3. The third-order valence-electron chi connectivity index (χ3n) is 7.19. The largest absolute Gasteiger partial charge is 0.494 e. The Balaban J connectivity index is 1.20. The zero-order chi connectivity index (χ0) is 24.9. The average molecular weight is 493 g/mol. The summed E-state index contributed by atoms with van der Waals surface area (Å²) in [6.07, 6.45) is 6.85. The fourth-order valence-electron chi connectivity index (χ4n) is 5.10. The first kappa shape index (κ1) is 24.7. The molecule has 0 spiro atoms. The van der Waals surface area contributed by atoms with Gasteiger partial charge in [-0.05, 0) is 63.9 Å². The van der Waals surface area contributed by atoms with Crippen LogP contribution in [0.15, 0.2) is 36.5 Å². The minimum absolute atomic E-state index is 0.264. The lowest BCUT2D eigenvalue weighted by molar-refractivity contribution is 0.0157. The van der Waals surface area contributed by atoms with Crippen LogP contribution in [0.25, 0.3) is 10.9 Å². The molecule has 1 amide bonds. The molecule has 9 nitrogen and oxygen atoms in total. The minimum Gasteiger partial charge on any atom is -0.494 e. The second-order valence-corrected chi connectivity index (χ2v) is 9.73. The van der Waals surface area contributed by atoms with Crippen LogP contribution >= 0.6 is 0 Å². The number of amides is 1. The van der Waals surface area contributed by atoms with Crippen LogP contribution in [0.3, 0.4) is 0 Å². The number of piperidine rings is 2. The van der Waals surface area contributed by atoms with Gasteiger partial charge < -0.3 is 25.0 Å². The van der Waals surface area contributed by atoms with Gasteiger partial charge in [0.25, 0.3) is 5.91 Å². The van der Waals surface area contributed by atoms with Crippen LogP contribution in [-0.4, -0.2) is 78.1 Å². The van der Waals surface area contributed by atoms with Gasteiger partial charge in [0.15, 0.2) is 0 Å². The lowest BCUT2D eigenvalue weighted by Crippen LogP contribution is -2.38. The summed E-state index contributed by atoms with van der Waals surface area (Å²) in [6, 6.07) is 9.58. The third-order valence-corrected chi connectivity index (χ3v) is 7.19. The van der Waals surface area contributed by atoms with Gasteiger partial charge >= 0.3 is 0 Å². The fraction of sp³-hybridized carbons (Fsp3) is 0.519. The SMILES string of the molecule is COc1cc2nn(C3CCN(CCOC4CCNCC4)CC3)cc2cc1NC(=O)c1cccc(C)n1. The smallest absolute Gasteiger partial charge is 0.274 e. The van der Waals surface area contributed by atoms with E-state index in [1.807, 2.05) is 31.2 Å². The van der Waals surface area contributed by atoms with Crippen LogP contribution in [0.4, 0.5) is 5.69 Å². The van der Waals surface area contributed by atoms with Gasteiger partial charge in [0, 0.05) is 43.0 Å². The van der Waals surface area contributed by atoms with Crippen molar-refractivity contribution in [2.75, 3.05) is 51.8 Å². The van der Waals surface area contributed by atoms with Crippen molar-refractivity contribution in [3.05, 3.63) is 47.9 Å². The summed E-state index contributed by atoms with van der Waals surface area (Å²) < 4.78 is 13.7. The molecule has 2 aliphatic heterocycles. The van der Waals surface area contributed by atoms with Crippen LogP contribution in [0.2, 0.25) is 0 Å². The van der Waals surface area contributed by atoms with Crippen molar-refractivity contribution in [1.29, 1.82) is 0 Å². The van der Waals surface area contributed by atoms with E-state index < -0.39 is 0 Å². The predicted octanol–water partition coefficient (Wildman–Crippen LogP) is 3.41. The lowest BCUT2D eigenvalue weighted by atomic mass is 10.1. The molecule has 0 bridgehead atoms. The molecule has 0 saturated carbocycles. The van der Waals surface area contributed by atoms with Crippen LogP contribution in [0.1, 0.15) is 47.9 Å². The van der Waals surface area contributed by atoms with Gasteiger partial charge in [0.1, 0.15) is 11.4 Å². The number of aryl methyl sites for hydroxylation is 1. The summed E-state index contributed by atoms with van der Waals surface area (Å²) in [5.41, 5.74) is 2.64. The van der Waals surface area contributed by atoms with Crippen LogP contribution in [0.5, 0.6) is 5.75 Å². The highest BCUT2D eigenvalue weighted by atomic mass is 16.5. The van der Waals surface area contributed by atoms with Gasteiger partial charge in [0.2, 0.25) is 0 Å². The number of hydrogen-bond acceptors (Lipinski definition) is 7. The van der Waals surface area contributed by atoms with Crippen molar-refractivity contribution < 1.29 is 14.3 Å². The standard InChI is InChI=1S/C27H36N6O3/c1-19-4-3-5-23(29-19)27(34)30-25-16-20-18-33(31-24(20)17-26(25)35-2)21-8-12-32(13-9-21)14-15-36-22-6-10-28-11-7-22/h3-5,16-18,21-22,28H,6-15H2,1-2H3,(H,30,34). The maximum Gasteiger partial charge on any atom is 0.274 e. The summed E-state index contributed by atoms with van der Waals surface area (Å²) >= 11 is 0. The lowest BCUT2D eigenvalue weighted by Gasteiger charge is -2.32. The summed E-state index contributed by atoms with van der Waals surface area (Å²) in [7, 11) is 1.60. The first-order valence-electron chi connectivity index (χ1n) is 13.0. The van der Waals surface area contributed by atoms with Gasteiger partial charge in [-0.25, -0.2) is 4.98 Å². The van der Waals surface area contributed by atoms with Crippen molar-refractivity contribution in [3.8, 4) is 5.75 Å². The normalized spacial score (nSPS) is 17.9. The molecule has 4 heterocycles. The van der Waals surface area contributed by atoms with Gasteiger partial charge in [-0.3, -0.25) is 9.48 Å². The van der Waals surface area contributed by atoms with E-state index in [1.54, 1.807) is 13.2 Å². The van der Waals surface area contributed by atoms with Crippen molar-refractivity contribution in [2.45, 2.75) is 44.8 Å². The van der Waals surface area contributed by atoms with E-state index in [-0.39, 0.29) is 5.91 Å². The number of carbonyl (C=O) groups excluding carboxylic acids is 1. The Labute approximate surface area is 212 Å². The highest BCUT2D eigenvalue weighted by molar-refractivity contribution is 6.05. The Morgan fingerprint density at radius 3 is 2.72 bits per heavy atom. The van der Waals surface area contributed by atoms with E-state index in [1.165, 1.54) is 0 Å². The van der Waals surface area contributed by atoms with E-state index >= 15 is 0 Å². The number of fused-ring (bicyclic) bond motifs is 1. The fourth-order valence-corrected chi connectivity index (χ4v) is 5.10. The highest BCUT2D eigenvalue weighted by Gasteiger charge is 2.23. The van der Waals surface area contributed by atoms with Gasteiger partial charge in [-0.15, -0.1) is 0 Å². The Hall–Kier alpha value is -3.01. The molecule has 192 valence electrons. The van der Waals surface area contributed by atoms with E-state index in [0.29, 0.717) is 29.3 Å². The summed E-state index contributed by atoms with van der Waals surface area (Å²) in [5, 5.41) is 12.2. The molecule has 2 fully saturated rings. The molecule has 1 aromatic carbocycles. The maximum atomic E-state index is 12.8. The average Bonchev–Trinajstić information content (AvgIpc) is 3.32. The predicted molar refractivity (Wildman–Crippen MR) is 140 cm³/mol. The number of nitrogens with zero attached hydrogens (tertiary/aromatic N) is 4. The molecule has 0 atom stereocenters. The monoisotopic (exact) mass is 492 g/mol. The second kappa shape index (κ2) is 11.4. The van der Waals surface area contributed by atoms with Crippen LogP contribution in [-0.2, 0) is 4.74 Å². The molecule has 5 rings (SSSR count). The van der Waals surface area contributed by atoms with E-state index in [9.17, 15) is 4.79 Å². The molecule has 0 aliphatic carbocycles. The summed E-state index contributed by atoms with van der Waals surface area (Å²) in [6.45, 7) is 7.90. The van der Waals surface area contributed by atoms with E-state index in [4.69, 9.17) is 14.6 Å². The topological polar surface area (TPSA) is 93.5 Å². The Bertz CT molecular complexity index is 1180. The molecule has 2 aromatic heterocycles. The first-order valence-corrected chi connectivity index (χ1v) is 13.0. The van der Waals surface area contributed by atoms with Gasteiger partial charge in [-0.1, -0.05) is 6.07 Å². The number of rotatable bonds is 8. The molecular formula is C27H36N6O3. The number of hydrogen-bond donors (Lipinski definition) is 2. The molecule has 0 radical (unpaired) electrons. The quantitative estimate of drug-likeness (QED) is 0.498. The molecule has 3 aromatic rings. The number of carbonyl (C=O) groups is 1. The zero-order valence-corrected chi connectivity index (χ0v) is 21.2.